The highest BCUT2D eigenvalue weighted by molar-refractivity contribution is 5.14. The van der Waals surface area contributed by atoms with Crippen LogP contribution in [0, 0.1) is 5.92 Å². The number of hydrogen-bond donors (Lipinski definition) is 0. The lowest BCUT2D eigenvalue weighted by atomic mass is 10.2. The standard InChI is InChI=1S/C26H38O6/c1-24(20-29-16-12-27-14-18-31-22-25-8-4-2-5-9-25)21-30-17-13-28-15-19-32-23-26-10-6-3-7-11-26/h2-11,24H,12-23H2,1H3. The van der Waals surface area contributed by atoms with Crippen molar-refractivity contribution in [2.75, 3.05) is 66.1 Å². The summed E-state index contributed by atoms with van der Waals surface area (Å²) in [5.41, 5.74) is 2.35. The van der Waals surface area contributed by atoms with Gasteiger partial charge in [0.15, 0.2) is 0 Å². The first-order valence-corrected chi connectivity index (χ1v) is 11.4. The zero-order chi connectivity index (χ0) is 22.5. The van der Waals surface area contributed by atoms with Gasteiger partial charge in [0.25, 0.3) is 0 Å². The van der Waals surface area contributed by atoms with E-state index in [-0.39, 0.29) is 0 Å². The van der Waals surface area contributed by atoms with Gasteiger partial charge in [0.05, 0.1) is 79.3 Å². The Kier molecular flexibility index (Phi) is 15.5. The molecule has 2 rings (SSSR count). The predicted octanol–water partition coefficient (Wildman–Crippen LogP) is 4.12. The van der Waals surface area contributed by atoms with Crippen LogP contribution in [0.4, 0.5) is 0 Å². The van der Waals surface area contributed by atoms with Crippen LogP contribution in [-0.4, -0.2) is 66.1 Å². The van der Waals surface area contributed by atoms with E-state index in [4.69, 9.17) is 28.4 Å². The Morgan fingerprint density at radius 3 is 1.22 bits per heavy atom. The maximum absolute atomic E-state index is 5.64. The van der Waals surface area contributed by atoms with Crippen LogP contribution in [0.2, 0.25) is 0 Å². The summed E-state index contributed by atoms with van der Waals surface area (Å²) in [4.78, 5) is 0. The van der Waals surface area contributed by atoms with Gasteiger partial charge in [0.2, 0.25) is 0 Å². The molecule has 0 amide bonds. The van der Waals surface area contributed by atoms with Crippen molar-refractivity contribution in [3.8, 4) is 0 Å². The van der Waals surface area contributed by atoms with Crippen LogP contribution in [0.5, 0.6) is 0 Å². The van der Waals surface area contributed by atoms with Crippen LogP contribution in [0.1, 0.15) is 18.1 Å². The molecular formula is C26H38O6. The van der Waals surface area contributed by atoms with Crippen LogP contribution < -0.4 is 0 Å². The van der Waals surface area contributed by atoms with E-state index in [1.54, 1.807) is 0 Å². The molecule has 0 heterocycles. The van der Waals surface area contributed by atoms with E-state index in [0.29, 0.717) is 85.2 Å². The molecule has 0 aromatic heterocycles. The highest BCUT2D eigenvalue weighted by Crippen LogP contribution is 2.01. The lowest BCUT2D eigenvalue weighted by Gasteiger charge is -2.13. The lowest BCUT2D eigenvalue weighted by Crippen LogP contribution is -2.17. The molecule has 0 aliphatic heterocycles. The van der Waals surface area contributed by atoms with E-state index in [1.165, 1.54) is 11.1 Å². The number of ether oxygens (including phenoxy) is 6. The van der Waals surface area contributed by atoms with E-state index in [2.05, 4.69) is 31.2 Å². The third kappa shape index (κ3) is 14.3. The van der Waals surface area contributed by atoms with Gasteiger partial charge < -0.3 is 28.4 Å². The first kappa shape index (κ1) is 26.5. The van der Waals surface area contributed by atoms with E-state index < -0.39 is 0 Å². The molecule has 0 fully saturated rings. The van der Waals surface area contributed by atoms with Gasteiger partial charge in [-0.25, -0.2) is 0 Å². The van der Waals surface area contributed by atoms with Crippen molar-refractivity contribution in [3.05, 3.63) is 71.8 Å². The molecule has 0 aliphatic rings. The highest BCUT2D eigenvalue weighted by atomic mass is 16.6. The van der Waals surface area contributed by atoms with Gasteiger partial charge in [-0.2, -0.15) is 0 Å². The predicted molar refractivity (Wildman–Crippen MR) is 125 cm³/mol. The minimum atomic E-state index is 0.332. The summed E-state index contributed by atoms with van der Waals surface area (Å²) < 4.78 is 33.5. The summed E-state index contributed by atoms with van der Waals surface area (Å²) in [5.74, 6) is 0.332. The summed E-state index contributed by atoms with van der Waals surface area (Å²) in [5, 5.41) is 0. The number of hydrogen-bond acceptors (Lipinski definition) is 6. The highest BCUT2D eigenvalue weighted by Gasteiger charge is 2.03. The first-order valence-electron chi connectivity index (χ1n) is 11.4. The molecular weight excluding hydrogens is 408 g/mol. The molecule has 0 spiro atoms. The molecule has 6 heteroatoms. The molecule has 2 aromatic carbocycles. The molecule has 0 bridgehead atoms. The first-order chi connectivity index (χ1) is 15.8. The van der Waals surface area contributed by atoms with Crippen LogP contribution in [0.3, 0.4) is 0 Å². The van der Waals surface area contributed by atoms with Gasteiger partial charge in [-0.3, -0.25) is 0 Å². The monoisotopic (exact) mass is 446 g/mol. The molecule has 0 saturated carbocycles. The average molecular weight is 447 g/mol. The summed E-state index contributed by atoms with van der Waals surface area (Å²) in [7, 11) is 0. The van der Waals surface area contributed by atoms with Crippen LogP contribution in [0.15, 0.2) is 60.7 Å². The molecule has 178 valence electrons. The van der Waals surface area contributed by atoms with Gasteiger partial charge in [-0.15, -0.1) is 0 Å². The smallest absolute Gasteiger partial charge is 0.0718 e. The number of benzene rings is 2. The third-order valence-corrected chi connectivity index (χ3v) is 4.52. The molecule has 0 radical (unpaired) electrons. The molecule has 0 unspecified atom stereocenters. The van der Waals surface area contributed by atoms with Crippen LogP contribution in [-0.2, 0) is 41.6 Å². The van der Waals surface area contributed by atoms with Gasteiger partial charge in [0.1, 0.15) is 0 Å². The van der Waals surface area contributed by atoms with E-state index in [0.717, 1.165) is 0 Å². The van der Waals surface area contributed by atoms with Crippen molar-refractivity contribution >= 4 is 0 Å². The summed E-state index contributed by atoms with van der Waals surface area (Å²) in [6.45, 7) is 9.27. The van der Waals surface area contributed by atoms with Crippen molar-refractivity contribution in [1.82, 2.24) is 0 Å². The lowest BCUT2D eigenvalue weighted by molar-refractivity contribution is -0.0160. The summed E-state index contributed by atoms with van der Waals surface area (Å²) in [6, 6.07) is 20.2. The van der Waals surface area contributed by atoms with Crippen molar-refractivity contribution in [2.24, 2.45) is 5.92 Å². The maximum atomic E-state index is 5.64. The van der Waals surface area contributed by atoms with E-state index in [1.807, 2.05) is 36.4 Å². The normalized spacial score (nSPS) is 11.3. The fraction of sp³-hybridized carbons (Fsp3) is 0.538. The van der Waals surface area contributed by atoms with Crippen molar-refractivity contribution in [3.63, 3.8) is 0 Å². The quantitative estimate of drug-likeness (QED) is 0.285. The zero-order valence-electron chi connectivity index (χ0n) is 19.3. The Balaban J connectivity index is 1.27. The molecule has 0 atom stereocenters. The molecule has 2 aromatic rings. The number of rotatable bonds is 20. The second-order valence-electron chi connectivity index (χ2n) is 7.56. The maximum Gasteiger partial charge on any atom is 0.0718 e. The zero-order valence-corrected chi connectivity index (χ0v) is 19.3. The third-order valence-electron chi connectivity index (χ3n) is 4.52. The van der Waals surface area contributed by atoms with Gasteiger partial charge in [0, 0.05) is 5.92 Å². The minimum Gasteiger partial charge on any atom is -0.379 e. The van der Waals surface area contributed by atoms with Gasteiger partial charge >= 0.3 is 0 Å². The fourth-order valence-corrected chi connectivity index (χ4v) is 2.82. The van der Waals surface area contributed by atoms with Gasteiger partial charge in [-0.05, 0) is 11.1 Å². The molecule has 6 nitrogen and oxygen atoms in total. The van der Waals surface area contributed by atoms with Crippen molar-refractivity contribution in [1.29, 1.82) is 0 Å². The van der Waals surface area contributed by atoms with E-state index in [9.17, 15) is 0 Å². The fourth-order valence-electron chi connectivity index (χ4n) is 2.82. The van der Waals surface area contributed by atoms with Crippen molar-refractivity contribution in [2.45, 2.75) is 20.1 Å². The van der Waals surface area contributed by atoms with E-state index >= 15 is 0 Å². The molecule has 0 N–H and O–H groups in total. The summed E-state index contributed by atoms with van der Waals surface area (Å²) >= 11 is 0. The largest absolute Gasteiger partial charge is 0.379 e. The van der Waals surface area contributed by atoms with Crippen LogP contribution >= 0.6 is 0 Å². The molecule has 32 heavy (non-hydrogen) atoms. The minimum absolute atomic E-state index is 0.332. The topological polar surface area (TPSA) is 55.4 Å². The Bertz CT molecular complexity index is 594. The molecule has 0 saturated heterocycles. The van der Waals surface area contributed by atoms with Crippen LogP contribution in [0.25, 0.3) is 0 Å². The van der Waals surface area contributed by atoms with Gasteiger partial charge in [-0.1, -0.05) is 67.6 Å². The SMILES string of the molecule is CC(COCCOCCOCc1ccccc1)COCCOCCOCc1ccccc1. The summed E-state index contributed by atoms with van der Waals surface area (Å²) in [6.07, 6.45) is 0. The Morgan fingerprint density at radius 1 is 0.469 bits per heavy atom. The average Bonchev–Trinajstić information content (AvgIpc) is 2.83. The second-order valence-corrected chi connectivity index (χ2v) is 7.56. The Hall–Kier alpha value is -1.80. The Labute approximate surface area is 192 Å². The Morgan fingerprint density at radius 2 is 0.812 bits per heavy atom. The second kappa shape index (κ2) is 18.7. The van der Waals surface area contributed by atoms with Crippen molar-refractivity contribution < 1.29 is 28.4 Å². The molecule has 0 aliphatic carbocycles.